The van der Waals surface area contributed by atoms with Gasteiger partial charge in [-0.25, -0.2) is 9.97 Å². The van der Waals surface area contributed by atoms with Gasteiger partial charge < -0.3 is 4.74 Å². The first-order chi connectivity index (χ1) is 11.3. The van der Waals surface area contributed by atoms with E-state index in [4.69, 9.17) is 10.00 Å². The van der Waals surface area contributed by atoms with Gasteiger partial charge in [0.25, 0.3) is 0 Å². The number of aromatic nitrogens is 2. The minimum Gasteiger partial charge on any atom is -0.494 e. The molecule has 112 valence electrons. The van der Waals surface area contributed by atoms with E-state index >= 15 is 0 Å². The molecule has 0 N–H and O–H groups in total. The number of rotatable bonds is 4. The smallest absolute Gasteiger partial charge is 0.159 e. The Morgan fingerprint density at radius 3 is 2.04 bits per heavy atom. The second-order valence-corrected chi connectivity index (χ2v) is 4.94. The first-order valence-corrected chi connectivity index (χ1v) is 7.36. The predicted molar refractivity (Wildman–Crippen MR) is 88.8 cm³/mol. The van der Waals surface area contributed by atoms with Crippen molar-refractivity contribution < 1.29 is 4.74 Å². The van der Waals surface area contributed by atoms with E-state index in [9.17, 15) is 0 Å². The quantitative estimate of drug-likeness (QED) is 0.728. The van der Waals surface area contributed by atoms with Gasteiger partial charge in [0.15, 0.2) is 5.82 Å². The van der Waals surface area contributed by atoms with Crippen LogP contribution in [-0.2, 0) is 0 Å². The molecule has 0 saturated carbocycles. The van der Waals surface area contributed by atoms with E-state index in [1.54, 1.807) is 24.5 Å². The molecule has 1 aromatic heterocycles. The fourth-order valence-corrected chi connectivity index (χ4v) is 2.23. The van der Waals surface area contributed by atoms with Crippen molar-refractivity contribution in [3.05, 3.63) is 66.5 Å². The van der Waals surface area contributed by atoms with Crippen LogP contribution in [0.3, 0.4) is 0 Å². The molecule has 0 saturated heterocycles. The van der Waals surface area contributed by atoms with Gasteiger partial charge in [-0.3, -0.25) is 0 Å². The van der Waals surface area contributed by atoms with Crippen LogP contribution in [0.4, 0.5) is 0 Å². The van der Waals surface area contributed by atoms with Crippen molar-refractivity contribution in [1.82, 2.24) is 9.97 Å². The lowest BCUT2D eigenvalue weighted by molar-refractivity contribution is 0.340. The highest BCUT2D eigenvalue weighted by atomic mass is 16.5. The predicted octanol–water partition coefficient (Wildman–Crippen LogP) is 4.08. The highest BCUT2D eigenvalue weighted by molar-refractivity contribution is 5.64. The van der Waals surface area contributed by atoms with Crippen molar-refractivity contribution >= 4 is 0 Å². The maximum atomic E-state index is 8.82. The largest absolute Gasteiger partial charge is 0.494 e. The van der Waals surface area contributed by atoms with Crippen LogP contribution in [0, 0.1) is 11.3 Å². The maximum absolute atomic E-state index is 8.82. The lowest BCUT2D eigenvalue weighted by Gasteiger charge is -2.06. The molecule has 0 fully saturated rings. The molecule has 0 radical (unpaired) electrons. The van der Waals surface area contributed by atoms with Gasteiger partial charge in [0.2, 0.25) is 0 Å². The Kier molecular flexibility index (Phi) is 4.30. The van der Waals surface area contributed by atoms with Crippen LogP contribution in [0.2, 0.25) is 0 Å². The van der Waals surface area contributed by atoms with Gasteiger partial charge in [-0.05, 0) is 48.9 Å². The minimum absolute atomic E-state index is 0.625. The molecule has 2 aromatic carbocycles. The van der Waals surface area contributed by atoms with Crippen LogP contribution in [0.15, 0.2) is 60.9 Å². The van der Waals surface area contributed by atoms with E-state index in [0.717, 1.165) is 22.4 Å². The van der Waals surface area contributed by atoms with Gasteiger partial charge >= 0.3 is 0 Å². The van der Waals surface area contributed by atoms with Gasteiger partial charge in [0.05, 0.1) is 18.2 Å². The summed E-state index contributed by atoms with van der Waals surface area (Å²) in [6.45, 7) is 2.62. The Bertz CT molecular complexity index is 816. The Morgan fingerprint density at radius 1 is 0.870 bits per heavy atom. The van der Waals surface area contributed by atoms with Crippen molar-refractivity contribution in [2.24, 2.45) is 0 Å². The average molecular weight is 301 g/mol. The third-order valence-electron chi connectivity index (χ3n) is 3.42. The normalized spacial score (nSPS) is 10.1. The molecule has 0 bridgehead atoms. The van der Waals surface area contributed by atoms with Crippen molar-refractivity contribution in [2.45, 2.75) is 6.92 Å². The summed E-state index contributed by atoms with van der Waals surface area (Å²) in [5, 5.41) is 8.82. The summed E-state index contributed by atoms with van der Waals surface area (Å²) >= 11 is 0. The van der Waals surface area contributed by atoms with Crippen LogP contribution in [0.1, 0.15) is 12.5 Å². The highest BCUT2D eigenvalue weighted by Crippen LogP contribution is 2.23. The Labute approximate surface area is 135 Å². The number of ether oxygens (including phenoxy) is 1. The van der Waals surface area contributed by atoms with Crippen LogP contribution < -0.4 is 4.74 Å². The average Bonchev–Trinajstić information content (AvgIpc) is 2.63. The second-order valence-electron chi connectivity index (χ2n) is 4.94. The monoisotopic (exact) mass is 301 g/mol. The van der Waals surface area contributed by atoms with Gasteiger partial charge in [0.1, 0.15) is 5.75 Å². The van der Waals surface area contributed by atoms with Gasteiger partial charge in [0, 0.05) is 23.5 Å². The van der Waals surface area contributed by atoms with Gasteiger partial charge in [-0.15, -0.1) is 0 Å². The molecule has 0 spiro atoms. The summed E-state index contributed by atoms with van der Waals surface area (Å²) in [4.78, 5) is 8.83. The molecule has 0 aliphatic carbocycles. The number of hydrogen-bond acceptors (Lipinski definition) is 4. The lowest BCUT2D eigenvalue weighted by Crippen LogP contribution is -1.92. The fourth-order valence-electron chi connectivity index (χ4n) is 2.23. The summed E-state index contributed by atoms with van der Waals surface area (Å²) in [6.07, 6.45) is 3.60. The molecule has 4 heteroatoms. The molecule has 3 aromatic rings. The number of hydrogen-bond donors (Lipinski definition) is 0. The molecule has 0 unspecified atom stereocenters. The third-order valence-corrected chi connectivity index (χ3v) is 3.42. The molecule has 3 rings (SSSR count). The van der Waals surface area contributed by atoms with E-state index in [2.05, 4.69) is 16.0 Å². The number of nitrogens with zero attached hydrogens (tertiary/aromatic N) is 3. The zero-order valence-corrected chi connectivity index (χ0v) is 12.7. The van der Waals surface area contributed by atoms with Crippen LogP contribution in [0.5, 0.6) is 5.75 Å². The first kappa shape index (κ1) is 14.7. The molecule has 0 atom stereocenters. The summed E-state index contributed by atoms with van der Waals surface area (Å²) < 4.78 is 5.44. The lowest BCUT2D eigenvalue weighted by atomic mass is 10.1. The van der Waals surface area contributed by atoms with Crippen molar-refractivity contribution in [1.29, 1.82) is 5.26 Å². The molecule has 0 aliphatic rings. The summed E-state index contributed by atoms with van der Waals surface area (Å²) in [6, 6.07) is 17.2. The summed E-state index contributed by atoms with van der Waals surface area (Å²) in [5.74, 6) is 1.50. The molecule has 0 aliphatic heterocycles. The fraction of sp³-hybridized carbons (Fsp3) is 0.105. The van der Waals surface area contributed by atoms with Crippen LogP contribution >= 0.6 is 0 Å². The molecule has 23 heavy (non-hydrogen) atoms. The van der Waals surface area contributed by atoms with E-state index in [0.29, 0.717) is 18.0 Å². The molecule has 4 nitrogen and oxygen atoms in total. The molecular weight excluding hydrogens is 286 g/mol. The summed E-state index contributed by atoms with van der Waals surface area (Å²) in [7, 11) is 0. The van der Waals surface area contributed by atoms with Crippen molar-refractivity contribution in [3.63, 3.8) is 0 Å². The first-order valence-electron chi connectivity index (χ1n) is 7.36. The zero-order valence-electron chi connectivity index (χ0n) is 12.7. The van der Waals surface area contributed by atoms with E-state index in [1.807, 2.05) is 43.3 Å². The van der Waals surface area contributed by atoms with E-state index in [-0.39, 0.29) is 0 Å². The highest BCUT2D eigenvalue weighted by Gasteiger charge is 2.04. The topological polar surface area (TPSA) is 58.8 Å². The number of nitriles is 1. The second kappa shape index (κ2) is 6.71. The summed E-state index contributed by atoms with van der Waals surface area (Å²) in [5.41, 5.74) is 3.51. The Morgan fingerprint density at radius 2 is 1.48 bits per heavy atom. The molecule has 1 heterocycles. The molecule has 0 amide bonds. The van der Waals surface area contributed by atoms with Crippen molar-refractivity contribution in [3.8, 4) is 34.3 Å². The molecular formula is C19H15N3O. The minimum atomic E-state index is 0.625. The zero-order chi connectivity index (χ0) is 16.1. The van der Waals surface area contributed by atoms with Crippen molar-refractivity contribution in [2.75, 3.05) is 6.61 Å². The Balaban J connectivity index is 1.82. The standard InChI is InChI=1S/C19H15N3O/c1-2-23-18-9-7-15(8-10-18)17-12-21-19(22-13-17)16-5-3-14(11-20)4-6-16/h3-10,12-13H,2H2,1H3. The SMILES string of the molecule is CCOc1ccc(-c2cnc(-c3ccc(C#N)cc3)nc2)cc1. The maximum Gasteiger partial charge on any atom is 0.159 e. The van der Waals surface area contributed by atoms with Crippen LogP contribution in [-0.4, -0.2) is 16.6 Å². The van der Waals surface area contributed by atoms with Gasteiger partial charge in [-0.2, -0.15) is 5.26 Å². The van der Waals surface area contributed by atoms with E-state index < -0.39 is 0 Å². The van der Waals surface area contributed by atoms with E-state index in [1.165, 1.54) is 0 Å². The van der Waals surface area contributed by atoms with Crippen LogP contribution in [0.25, 0.3) is 22.5 Å². The van der Waals surface area contributed by atoms with Gasteiger partial charge in [-0.1, -0.05) is 12.1 Å². The Hall–Kier alpha value is -3.19. The number of benzene rings is 2. The third kappa shape index (κ3) is 3.35.